The van der Waals surface area contributed by atoms with E-state index in [1.54, 1.807) is 0 Å². The molecule has 2 atom stereocenters. The first-order chi connectivity index (χ1) is 10.7. The van der Waals surface area contributed by atoms with Crippen molar-refractivity contribution in [3.05, 3.63) is 65.7 Å². The molecule has 0 aromatic heterocycles. The number of ether oxygens (including phenoxy) is 2. The summed E-state index contributed by atoms with van der Waals surface area (Å²) in [4.78, 5) is 3.99. The van der Waals surface area contributed by atoms with Gasteiger partial charge in [0.2, 0.25) is 0 Å². The molecule has 0 amide bonds. The number of benzene rings is 2. The Balaban J connectivity index is 1.58. The minimum absolute atomic E-state index is 0.0806. The van der Waals surface area contributed by atoms with E-state index >= 15 is 0 Å². The normalized spacial score (nSPS) is 18.4. The van der Waals surface area contributed by atoms with Crippen LogP contribution in [-0.4, -0.2) is 25.3 Å². The molecule has 3 rings (SSSR count). The molecule has 0 saturated carbocycles. The van der Waals surface area contributed by atoms with Crippen LogP contribution in [0.15, 0.2) is 59.6 Å². The molecule has 0 aliphatic carbocycles. The fourth-order valence-electron chi connectivity index (χ4n) is 2.50. The van der Waals surface area contributed by atoms with Gasteiger partial charge in [0.15, 0.2) is 6.10 Å². The molecule has 4 heteroatoms. The van der Waals surface area contributed by atoms with Crippen LogP contribution < -0.4 is 10.5 Å². The second-order valence-corrected chi connectivity index (χ2v) is 5.43. The van der Waals surface area contributed by atoms with E-state index in [4.69, 9.17) is 15.2 Å². The molecule has 0 fully saturated rings. The molecule has 0 saturated heterocycles. The van der Waals surface area contributed by atoms with Crippen LogP contribution in [0.4, 0.5) is 0 Å². The Bertz CT molecular complexity index is 638. The number of hydrogen-bond acceptors (Lipinski definition) is 4. The molecule has 1 heterocycles. The smallest absolute Gasteiger partial charge is 0.282 e. The fraction of sp³-hybridized carbons (Fsp3) is 0.278. The summed E-state index contributed by atoms with van der Waals surface area (Å²) in [5, 5.41) is 0. The third-order valence-corrected chi connectivity index (χ3v) is 3.85. The zero-order valence-corrected chi connectivity index (χ0v) is 12.6. The molecule has 2 aromatic rings. The predicted octanol–water partition coefficient (Wildman–Crippen LogP) is 2.93. The van der Waals surface area contributed by atoms with Crippen LogP contribution in [0.1, 0.15) is 24.0 Å². The van der Waals surface area contributed by atoms with Gasteiger partial charge in [-0.05, 0) is 23.3 Å². The van der Waals surface area contributed by atoms with Crippen molar-refractivity contribution < 1.29 is 9.47 Å². The van der Waals surface area contributed by atoms with Crippen LogP contribution in [0.5, 0.6) is 5.75 Å². The Hall–Kier alpha value is -2.49. The highest BCUT2D eigenvalue weighted by molar-refractivity contribution is 5.73. The van der Waals surface area contributed by atoms with E-state index in [0.29, 0.717) is 19.1 Å². The standard InChI is InChI=1S/C18H20N2O2/c1-13(14-5-3-2-4-6-14)15-7-9-16(10-8-15)21-12-17-11-20-18(19)22-17/h2-10,13,17H,11-12H2,1H3,(H2,19,20). The van der Waals surface area contributed by atoms with Crippen LogP contribution >= 0.6 is 0 Å². The van der Waals surface area contributed by atoms with Crippen LogP contribution in [0.25, 0.3) is 0 Å². The number of rotatable bonds is 5. The molecule has 0 radical (unpaired) electrons. The van der Waals surface area contributed by atoms with Crippen LogP contribution in [0, 0.1) is 0 Å². The summed E-state index contributed by atoms with van der Waals surface area (Å²) in [5.74, 6) is 1.19. The molecule has 1 aliphatic rings. The maximum absolute atomic E-state index is 5.72. The van der Waals surface area contributed by atoms with Gasteiger partial charge >= 0.3 is 0 Å². The van der Waals surface area contributed by atoms with Crippen molar-refractivity contribution in [1.29, 1.82) is 0 Å². The fourth-order valence-corrected chi connectivity index (χ4v) is 2.50. The minimum Gasteiger partial charge on any atom is -0.490 e. The van der Waals surface area contributed by atoms with Crippen molar-refractivity contribution in [3.8, 4) is 5.75 Å². The van der Waals surface area contributed by atoms with Crippen molar-refractivity contribution in [3.63, 3.8) is 0 Å². The first-order valence-corrected chi connectivity index (χ1v) is 7.46. The molecular weight excluding hydrogens is 276 g/mol. The van der Waals surface area contributed by atoms with Crippen molar-refractivity contribution >= 4 is 6.02 Å². The SMILES string of the molecule is CC(c1ccccc1)c1ccc(OCC2CN=C(N)O2)cc1. The quantitative estimate of drug-likeness (QED) is 0.923. The molecule has 114 valence electrons. The predicted molar refractivity (Wildman–Crippen MR) is 87.3 cm³/mol. The Morgan fingerprint density at radius 2 is 1.82 bits per heavy atom. The van der Waals surface area contributed by atoms with E-state index in [9.17, 15) is 0 Å². The first kappa shape index (κ1) is 14.4. The maximum Gasteiger partial charge on any atom is 0.282 e. The Kier molecular flexibility index (Phi) is 4.28. The molecule has 0 spiro atoms. The van der Waals surface area contributed by atoms with Crippen LogP contribution in [-0.2, 0) is 4.74 Å². The molecular formula is C18H20N2O2. The van der Waals surface area contributed by atoms with Gasteiger partial charge in [-0.1, -0.05) is 49.4 Å². The van der Waals surface area contributed by atoms with Gasteiger partial charge in [-0.15, -0.1) is 0 Å². The third-order valence-electron chi connectivity index (χ3n) is 3.85. The first-order valence-electron chi connectivity index (χ1n) is 7.46. The van der Waals surface area contributed by atoms with E-state index < -0.39 is 0 Å². The van der Waals surface area contributed by atoms with Crippen LogP contribution in [0.2, 0.25) is 0 Å². The Morgan fingerprint density at radius 3 is 2.45 bits per heavy atom. The molecule has 1 aliphatic heterocycles. The van der Waals surface area contributed by atoms with Gasteiger partial charge in [-0.2, -0.15) is 0 Å². The van der Waals surface area contributed by atoms with E-state index in [2.05, 4.69) is 48.3 Å². The zero-order valence-electron chi connectivity index (χ0n) is 12.6. The summed E-state index contributed by atoms with van der Waals surface area (Å²) in [5.41, 5.74) is 8.05. The van der Waals surface area contributed by atoms with E-state index in [1.165, 1.54) is 11.1 Å². The number of aliphatic imine (C=N–C) groups is 1. The molecule has 22 heavy (non-hydrogen) atoms. The third kappa shape index (κ3) is 3.39. The minimum atomic E-state index is -0.0806. The summed E-state index contributed by atoms with van der Waals surface area (Å²) < 4.78 is 11.0. The summed E-state index contributed by atoms with van der Waals surface area (Å²) >= 11 is 0. The largest absolute Gasteiger partial charge is 0.490 e. The van der Waals surface area contributed by atoms with Crippen molar-refractivity contribution in [2.24, 2.45) is 10.7 Å². The van der Waals surface area contributed by atoms with Crippen molar-refractivity contribution in [2.75, 3.05) is 13.2 Å². The number of nitrogens with zero attached hydrogens (tertiary/aromatic N) is 1. The van der Waals surface area contributed by atoms with Gasteiger partial charge in [0.05, 0.1) is 6.54 Å². The van der Waals surface area contributed by atoms with Crippen LogP contribution in [0.3, 0.4) is 0 Å². The lowest BCUT2D eigenvalue weighted by Gasteiger charge is -2.14. The number of hydrogen-bond donors (Lipinski definition) is 1. The van der Waals surface area contributed by atoms with Gasteiger partial charge in [-0.3, -0.25) is 0 Å². The maximum atomic E-state index is 5.72. The van der Waals surface area contributed by atoms with Crippen molar-refractivity contribution in [1.82, 2.24) is 0 Å². The number of amidine groups is 1. The lowest BCUT2D eigenvalue weighted by molar-refractivity contribution is 0.141. The second-order valence-electron chi connectivity index (χ2n) is 5.43. The Labute approximate surface area is 130 Å². The van der Waals surface area contributed by atoms with Gasteiger partial charge in [0.25, 0.3) is 6.02 Å². The van der Waals surface area contributed by atoms with Gasteiger partial charge in [0, 0.05) is 5.92 Å². The van der Waals surface area contributed by atoms with Gasteiger partial charge in [-0.25, -0.2) is 4.99 Å². The molecule has 2 N–H and O–H groups in total. The van der Waals surface area contributed by atoms with Gasteiger partial charge < -0.3 is 15.2 Å². The molecule has 4 nitrogen and oxygen atoms in total. The zero-order chi connectivity index (χ0) is 15.4. The lowest BCUT2D eigenvalue weighted by atomic mass is 9.93. The highest BCUT2D eigenvalue weighted by Gasteiger charge is 2.18. The van der Waals surface area contributed by atoms with Crippen molar-refractivity contribution in [2.45, 2.75) is 18.9 Å². The lowest BCUT2D eigenvalue weighted by Crippen LogP contribution is -2.24. The highest BCUT2D eigenvalue weighted by Crippen LogP contribution is 2.25. The van der Waals surface area contributed by atoms with E-state index in [0.717, 1.165) is 5.75 Å². The van der Waals surface area contributed by atoms with E-state index in [1.807, 2.05) is 18.2 Å². The van der Waals surface area contributed by atoms with E-state index in [-0.39, 0.29) is 12.1 Å². The summed E-state index contributed by atoms with van der Waals surface area (Å²) in [6, 6.07) is 18.9. The summed E-state index contributed by atoms with van der Waals surface area (Å²) in [7, 11) is 0. The Morgan fingerprint density at radius 1 is 1.14 bits per heavy atom. The van der Waals surface area contributed by atoms with Gasteiger partial charge in [0.1, 0.15) is 12.4 Å². The monoisotopic (exact) mass is 296 g/mol. The topological polar surface area (TPSA) is 56.8 Å². The summed E-state index contributed by atoms with van der Waals surface area (Å²) in [6.45, 7) is 3.23. The second kappa shape index (κ2) is 6.52. The average Bonchev–Trinajstić information content (AvgIpc) is 2.99. The average molecular weight is 296 g/mol. The molecule has 0 bridgehead atoms. The summed E-state index contributed by atoms with van der Waals surface area (Å²) in [6.07, 6.45) is -0.0806. The molecule has 2 unspecified atom stereocenters. The highest BCUT2D eigenvalue weighted by atomic mass is 16.5. The number of nitrogens with two attached hydrogens (primary N) is 1. The molecule has 2 aromatic carbocycles.